The molecule has 0 spiro atoms. The van der Waals surface area contributed by atoms with E-state index >= 15 is 0 Å². The maximum Gasteiger partial charge on any atom is 0.295 e. The molecule has 0 atom stereocenters. The van der Waals surface area contributed by atoms with Crippen LogP contribution in [0.1, 0.15) is 58.2 Å². The standard InChI is InChI=1S/C27H37BrN4O4S/c1-26(2,3)22-15-19(16-23(25(22)34)27(4,5)6)17-29-30-24(33)18-31-11-13-32(14-12-31)37(35,36)21-9-7-20(28)8-10-21/h7-10,15-17,34H,11-14,18H2,1-6H3,(H,30,33). The molecule has 0 bridgehead atoms. The number of benzene rings is 2. The molecule has 0 unspecified atom stereocenters. The van der Waals surface area contributed by atoms with E-state index in [0.29, 0.717) is 37.3 Å². The van der Waals surface area contributed by atoms with E-state index in [1.54, 1.807) is 30.5 Å². The van der Waals surface area contributed by atoms with Crippen molar-refractivity contribution in [3.63, 3.8) is 0 Å². The summed E-state index contributed by atoms with van der Waals surface area (Å²) < 4.78 is 28.0. The topological polar surface area (TPSA) is 106 Å². The van der Waals surface area contributed by atoms with Crippen LogP contribution in [0.25, 0.3) is 0 Å². The molecule has 1 saturated heterocycles. The van der Waals surface area contributed by atoms with Crippen LogP contribution in [0.3, 0.4) is 0 Å². The Morgan fingerprint density at radius 3 is 2.05 bits per heavy atom. The molecule has 202 valence electrons. The van der Waals surface area contributed by atoms with Crippen molar-refractivity contribution in [2.24, 2.45) is 5.10 Å². The van der Waals surface area contributed by atoms with Gasteiger partial charge >= 0.3 is 0 Å². The summed E-state index contributed by atoms with van der Waals surface area (Å²) in [5.41, 5.74) is 4.13. The van der Waals surface area contributed by atoms with Crippen LogP contribution in [0.4, 0.5) is 0 Å². The largest absolute Gasteiger partial charge is 0.872 e. The molecule has 1 aliphatic heterocycles. The van der Waals surface area contributed by atoms with E-state index in [9.17, 15) is 18.3 Å². The third kappa shape index (κ3) is 7.40. The van der Waals surface area contributed by atoms with Crippen LogP contribution in [0.2, 0.25) is 0 Å². The number of rotatable bonds is 6. The molecule has 1 fully saturated rings. The molecule has 2 aromatic carbocycles. The Bertz CT molecular complexity index is 1220. The van der Waals surface area contributed by atoms with Gasteiger partial charge < -0.3 is 10.0 Å². The van der Waals surface area contributed by atoms with E-state index in [2.05, 4.69) is 26.5 Å². The number of hydrogen-bond donors (Lipinski definition) is 2. The van der Waals surface area contributed by atoms with Crippen molar-refractivity contribution >= 4 is 38.1 Å². The Balaban J connectivity index is 1.59. The number of quaternary nitrogens is 1. The molecule has 0 aliphatic carbocycles. The number of halogens is 1. The number of nitrogens with zero attached hydrogens (tertiary/aromatic N) is 2. The van der Waals surface area contributed by atoms with Crippen molar-refractivity contribution in [1.29, 1.82) is 0 Å². The van der Waals surface area contributed by atoms with Crippen molar-refractivity contribution in [1.82, 2.24) is 9.73 Å². The highest BCUT2D eigenvalue weighted by Crippen LogP contribution is 2.37. The van der Waals surface area contributed by atoms with E-state index < -0.39 is 10.0 Å². The molecule has 8 nitrogen and oxygen atoms in total. The fourth-order valence-electron chi connectivity index (χ4n) is 4.26. The first-order chi connectivity index (χ1) is 17.1. The second-order valence-corrected chi connectivity index (χ2v) is 14.4. The zero-order valence-corrected chi connectivity index (χ0v) is 24.8. The van der Waals surface area contributed by atoms with Crippen LogP contribution in [-0.4, -0.2) is 57.6 Å². The molecule has 3 rings (SSSR count). The highest BCUT2D eigenvalue weighted by molar-refractivity contribution is 9.10. The maximum absolute atomic E-state index is 13.0. The highest BCUT2D eigenvalue weighted by atomic mass is 79.9. The van der Waals surface area contributed by atoms with Crippen LogP contribution >= 0.6 is 15.9 Å². The van der Waals surface area contributed by atoms with Crippen molar-refractivity contribution < 1.29 is 23.2 Å². The Morgan fingerprint density at radius 1 is 1.05 bits per heavy atom. The second-order valence-electron chi connectivity index (χ2n) is 11.5. The molecule has 2 aromatic rings. The van der Waals surface area contributed by atoms with Gasteiger partial charge in [0.05, 0.1) is 37.3 Å². The molecule has 1 aliphatic rings. The average Bonchev–Trinajstić information content (AvgIpc) is 2.79. The van der Waals surface area contributed by atoms with E-state index in [0.717, 1.165) is 14.9 Å². The molecule has 37 heavy (non-hydrogen) atoms. The van der Waals surface area contributed by atoms with Gasteiger partial charge in [-0.15, -0.1) is 5.75 Å². The highest BCUT2D eigenvalue weighted by Gasteiger charge is 2.31. The van der Waals surface area contributed by atoms with Crippen molar-refractivity contribution in [2.75, 3.05) is 32.7 Å². The minimum absolute atomic E-state index is 0.0473. The zero-order chi connectivity index (χ0) is 27.6. The Labute approximate surface area is 228 Å². The number of sulfonamides is 1. The van der Waals surface area contributed by atoms with Crippen molar-refractivity contribution in [2.45, 2.75) is 57.3 Å². The van der Waals surface area contributed by atoms with E-state index in [1.807, 2.05) is 53.7 Å². The summed E-state index contributed by atoms with van der Waals surface area (Å²) in [4.78, 5) is 13.8. The smallest absolute Gasteiger partial charge is 0.295 e. The lowest BCUT2D eigenvalue weighted by atomic mass is 9.78. The number of nitrogens with one attached hydrogen (secondary N) is 2. The average molecular weight is 594 g/mol. The van der Waals surface area contributed by atoms with Gasteiger partial charge in [-0.2, -0.15) is 9.41 Å². The number of hydrogen-bond acceptors (Lipinski definition) is 5. The minimum atomic E-state index is -3.55. The van der Waals surface area contributed by atoms with E-state index in [1.165, 1.54) is 4.31 Å². The van der Waals surface area contributed by atoms with Gasteiger partial charge in [-0.3, -0.25) is 4.79 Å². The summed E-state index contributed by atoms with van der Waals surface area (Å²) in [5, 5.41) is 17.2. The molecule has 10 heteroatoms. The monoisotopic (exact) mass is 592 g/mol. The van der Waals surface area contributed by atoms with E-state index in [-0.39, 0.29) is 33.9 Å². The predicted octanol–water partition coefficient (Wildman–Crippen LogP) is 2.16. The maximum atomic E-state index is 13.0. The normalized spacial score (nSPS) is 16.3. The number of carbonyl (C=O) groups is 1. The molecule has 1 amide bonds. The Kier molecular flexibility index (Phi) is 8.89. The van der Waals surface area contributed by atoms with Gasteiger partial charge in [-0.1, -0.05) is 69.6 Å². The van der Waals surface area contributed by atoms with Gasteiger partial charge in [0.2, 0.25) is 10.0 Å². The van der Waals surface area contributed by atoms with Gasteiger partial charge in [0.25, 0.3) is 5.91 Å². The summed E-state index contributed by atoms with van der Waals surface area (Å²) in [6.45, 7) is 14.0. The lowest BCUT2D eigenvalue weighted by Crippen LogP contribution is -3.15. The summed E-state index contributed by atoms with van der Waals surface area (Å²) in [6, 6.07) is 10.3. The fraction of sp³-hybridized carbons (Fsp3) is 0.481. The summed E-state index contributed by atoms with van der Waals surface area (Å²) >= 11 is 3.32. The fourth-order valence-corrected chi connectivity index (χ4v) is 5.97. The van der Waals surface area contributed by atoms with E-state index in [4.69, 9.17) is 0 Å². The molecule has 1 heterocycles. The van der Waals surface area contributed by atoms with Crippen LogP contribution in [0.15, 0.2) is 50.9 Å². The molecule has 2 N–H and O–H groups in total. The third-order valence-corrected chi connectivity index (χ3v) is 8.86. The van der Waals surface area contributed by atoms with Crippen LogP contribution in [0, 0.1) is 0 Å². The lowest BCUT2D eigenvalue weighted by Gasteiger charge is -2.33. The Hall–Kier alpha value is -2.27. The van der Waals surface area contributed by atoms with Gasteiger partial charge in [-0.25, -0.2) is 13.8 Å². The molecular formula is C27H37BrN4O4S. The number of amides is 1. The first kappa shape index (κ1) is 29.3. The summed E-state index contributed by atoms with van der Waals surface area (Å²) in [6.07, 6.45) is 1.57. The Morgan fingerprint density at radius 2 is 1.57 bits per heavy atom. The molecule has 0 saturated carbocycles. The number of hydrazone groups is 1. The van der Waals surface area contributed by atoms with Gasteiger partial charge in [-0.05, 0) is 51.8 Å². The summed E-state index contributed by atoms with van der Waals surface area (Å²) in [5.74, 6) is -0.200. The minimum Gasteiger partial charge on any atom is -0.872 e. The van der Waals surface area contributed by atoms with Gasteiger partial charge in [0.1, 0.15) is 0 Å². The second kappa shape index (κ2) is 11.2. The van der Waals surface area contributed by atoms with Crippen LogP contribution < -0.4 is 15.4 Å². The van der Waals surface area contributed by atoms with Crippen LogP contribution in [0.5, 0.6) is 5.75 Å². The lowest BCUT2D eigenvalue weighted by molar-refractivity contribution is -0.895. The van der Waals surface area contributed by atoms with Gasteiger partial charge in [0.15, 0.2) is 6.54 Å². The first-order valence-corrected chi connectivity index (χ1v) is 14.6. The van der Waals surface area contributed by atoms with Crippen LogP contribution in [-0.2, 0) is 25.6 Å². The molecular weight excluding hydrogens is 556 g/mol. The van der Waals surface area contributed by atoms with Crippen molar-refractivity contribution in [3.8, 4) is 5.75 Å². The third-order valence-electron chi connectivity index (χ3n) is 6.42. The quantitative estimate of drug-likeness (QED) is 0.396. The number of carbonyl (C=O) groups excluding carboxylic acids is 1. The number of piperazine rings is 1. The predicted molar refractivity (Wildman–Crippen MR) is 147 cm³/mol. The SMILES string of the molecule is CC(C)(C)c1cc(C=NNC(=O)C[NH+]2CCN(S(=O)(=O)c3ccc(Br)cc3)CC2)cc(C(C)(C)C)c1[O-]. The first-order valence-electron chi connectivity index (χ1n) is 12.4. The zero-order valence-electron chi connectivity index (χ0n) is 22.4. The summed E-state index contributed by atoms with van der Waals surface area (Å²) in [7, 11) is -3.55. The van der Waals surface area contributed by atoms with Gasteiger partial charge in [0, 0.05) is 4.47 Å². The molecule has 0 radical (unpaired) electrons. The van der Waals surface area contributed by atoms with Crippen molar-refractivity contribution in [3.05, 3.63) is 57.6 Å². The molecule has 0 aromatic heterocycles.